The lowest BCUT2D eigenvalue weighted by atomic mass is 10.0. The molecule has 3 aromatic carbocycles. The Bertz CT molecular complexity index is 1170. The van der Waals surface area contributed by atoms with Gasteiger partial charge in [-0.1, -0.05) is 30.3 Å². The molecule has 4 aromatic rings. The van der Waals surface area contributed by atoms with E-state index in [4.69, 9.17) is 14.5 Å². The predicted octanol–water partition coefficient (Wildman–Crippen LogP) is 5.59. The van der Waals surface area contributed by atoms with Gasteiger partial charge in [-0.3, -0.25) is 0 Å². The summed E-state index contributed by atoms with van der Waals surface area (Å²) in [6.07, 6.45) is 0. The van der Waals surface area contributed by atoms with Crippen molar-refractivity contribution < 1.29 is 13.9 Å². The first kappa shape index (κ1) is 17.6. The average Bonchev–Trinajstić information content (AvgIpc) is 3.41. The zero-order chi connectivity index (χ0) is 19.8. The minimum Gasteiger partial charge on any atom is -0.496 e. The fourth-order valence-corrected chi connectivity index (χ4v) is 3.72. The summed E-state index contributed by atoms with van der Waals surface area (Å²) in [6.45, 7) is 1.13. The van der Waals surface area contributed by atoms with Crippen molar-refractivity contribution in [1.82, 2.24) is 9.97 Å². The topological polar surface area (TPSA) is 47.1 Å². The van der Waals surface area contributed by atoms with Crippen LogP contribution in [0, 0.1) is 5.82 Å². The van der Waals surface area contributed by atoms with Crippen molar-refractivity contribution in [2.45, 2.75) is 13.2 Å². The molecule has 1 aliphatic heterocycles. The van der Waals surface area contributed by atoms with E-state index < -0.39 is 0 Å². The molecule has 0 fully saturated rings. The summed E-state index contributed by atoms with van der Waals surface area (Å²) in [5.74, 6) is 1.27. The van der Waals surface area contributed by atoms with Crippen LogP contribution >= 0.6 is 0 Å². The maximum absolute atomic E-state index is 13.5. The zero-order valence-electron chi connectivity index (χ0n) is 15.9. The molecular formula is C24H19FN2O2. The Morgan fingerprint density at radius 2 is 1.72 bits per heavy atom. The number of rotatable bonds is 4. The van der Waals surface area contributed by atoms with Crippen LogP contribution in [0.15, 0.2) is 66.7 Å². The molecule has 5 rings (SSSR count). The fraction of sp³-hybridized carbons (Fsp3) is 0.125. The highest BCUT2D eigenvalue weighted by Crippen LogP contribution is 2.37. The summed E-state index contributed by atoms with van der Waals surface area (Å²) in [6, 6.07) is 20.5. The van der Waals surface area contributed by atoms with Crippen LogP contribution in [-0.2, 0) is 18.0 Å². The summed E-state index contributed by atoms with van der Waals surface area (Å²) in [7, 11) is 1.67. The molecule has 144 valence electrons. The molecule has 0 radical (unpaired) electrons. The van der Waals surface area contributed by atoms with E-state index in [-0.39, 0.29) is 5.82 Å². The summed E-state index contributed by atoms with van der Waals surface area (Å²) >= 11 is 0. The third kappa shape index (κ3) is 3.19. The van der Waals surface area contributed by atoms with Crippen LogP contribution in [0.3, 0.4) is 0 Å². The zero-order valence-corrected chi connectivity index (χ0v) is 15.9. The second-order valence-electron chi connectivity index (χ2n) is 6.99. The summed E-state index contributed by atoms with van der Waals surface area (Å²) < 4.78 is 24.6. The van der Waals surface area contributed by atoms with Crippen LogP contribution in [-0.4, -0.2) is 17.1 Å². The van der Waals surface area contributed by atoms with Gasteiger partial charge in [0.05, 0.1) is 31.7 Å². The van der Waals surface area contributed by atoms with Gasteiger partial charge >= 0.3 is 0 Å². The fourth-order valence-electron chi connectivity index (χ4n) is 3.72. The molecule has 0 atom stereocenters. The van der Waals surface area contributed by atoms with Gasteiger partial charge in [0.1, 0.15) is 17.4 Å². The number of H-pyrrole nitrogens is 1. The highest BCUT2D eigenvalue weighted by Gasteiger charge is 2.21. The number of hydrogen-bond acceptors (Lipinski definition) is 3. The lowest BCUT2D eigenvalue weighted by Gasteiger charge is -2.08. The molecule has 0 saturated carbocycles. The monoisotopic (exact) mass is 386 g/mol. The van der Waals surface area contributed by atoms with Gasteiger partial charge < -0.3 is 14.5 Å². The van der Waals surface area contributed by atoms with E-state index in [0.29, 0.717) is 13.2 Å². The van der Waals surface area contributed by atoms with Crippen LogP contribution < -0.4 is 4.74 Å². The quantitative estimate of drug-likeness (QED) is 0.497. The van der Waals surface area contributed by atoms with Crippen molar-refractivity contribution in [3.63, 3.8) is 0 Å². The van der Waals surface area contributed by atoms with E-state index >= 15 is 0 Å². The Kier molecular flexibility index (Phi) is 4.37. The molecule has 29 heavy (non-hydrogen) atoms. The van der Waals surface area contributed by atoms with Gasteiger partial charge in [-0.15, -0.1) is 0 Å². The number of halogens is 1. The number of imidazole rings is 1. The minimum absolute atomic E-state index is 0.266. The largest absolute Gasteiger partial charge is 0.496 e. The van der Waals surface area contributed by atoms with Gasteiger partial charge in [0.25, 0.3) is 0 Å². The molecule has 1 aromatic heterocycles. The molecule has 0 unspecified atom stereocenters. The van der Waals surface area contributed by atoms with Crippen molar-refractivity contribution >= 4 is 0 Å². The molecule has 0 amide bonds. The molecular weight excluding hydrogens is 367 g/mol. The average molecular weight is 386 g/mol. The smallest absolute Gasteiger partial charge is 0.138 e. The number of fused-ring (bicyclic) bond motifs is 1. The molecule has 0 spiro atoms. The Labute approximate surface area is 168 Å². The predicted molar refractivity (Wildman–Crippen MR) is 110 cm³/mol. The number of methoxy groups -OCH3 is 1. The van der Waals surface area contributed by atoms with Gasteiger partial charge in [0.15, 0.2) is 0 Å². The first-order chi connectivity index (χ1) is 14.2. The van der Waals surface area contributed by atoms with E-state index in [9.17, 15) is 4.39 Å². The lowest BCUT2D eigenvalue weighted by molar-refractivity contribution is 0.133. The number of aromatic amines is 1. The lowest BCUT2D eigenvalue weighted by Crippen LogP contribution is -1.93. The van der Waals surface area contributed by atoms with Gasteiger partial charge in [0.2, 0.25) is 0 Å². The number of hydrogen-bond donors (Lipinski definition) is 1. The van der Waals surface area contributed by atoms with Gasteiger partial charge in [-0.05, 0) is 42.0 Å². The third-order valence-corrected chi connectivity index (χ3v) is 5.18. The molecule has 0 bridgehead atoms. The summed E-state index contributed by atoms with van der Waals surface area (Å²) in [5, 5.41) is 0. The minimum atomic E-state index is -0.266. The van der Waals surface area contributed by atoms with Gasteiger partial charge in [0, 0.05) is 22.3 Å². The highest BCUT2D eigenvalue weighted by atomic mass is 19.1. The van der Waals surface area contributed by atoms with Gasteiger partial charge in [-0.2, -0.15) is 0 Å². The molecule has 4 nitrogen and oxygen atoms in total. The van der Waals surface area contributed by atoms with Crippen LogP contribution in [0.25, 0.3) is 33.9 Å². The number of benzene rings is 3. The van der Waals surface area contributed by atoms with E-state index in [1.165, 1.54) is 12.1 Å². The number of nitrogens with one attached hydrogen (secondary N) is 1. The van der Waals surface area contributed by atoms with E-state index in [1.54, 1.807) is 19.2 Å². The molecule has 0 aliphatic carbocycles. The maximum Gasteiger partial charge on any atom is 0.138 e. The molecule has 0 saturated heterocycles. The maximum atomic E-state index is 13.5. The van der Waals surface area contributed by atoms with E-state index in [0.717, 1.165) is 50.8 Å². The standard InChI is InChI=1S/C24H19FN2O2/c1-28-21-12-17(11-18-13-29-14-20(18)21)24-26-22(15-5-3-2-4-6-15)23(27-24)16-7-9-19(25)10-8-16/h2-12H,13-14H2,1H3,(H,26,27). The highest BCUT2D eigenvalue weighted by molar-refractivity contribution is 5.81. The molecule has 1 aliphatic rings. The van der Waals surface area contributed by atoms with Crippen LogP contribution in [0.5, 0.6) is 5.75 Å². The van der Waals surface area contributed by atoms with Crippen molar-refractivity contribution in [2.24, 2.45) is 0 Å². The van der Waals surface area contributed by atoms with Crippen molar-refractivity contribution in [3.8, 4) is 39.7 Å². The first-order valence-corrected chi connectivity index (χ1v) is 9.42. The summed E-state index contributed by atoms with van der Waals surface area (Å²) in [4.78, 5) is 8.35. The van der Waals surface area contributed by atoms with E-state index in [1.807, 2.05) is 36.4 Å². The van der Waals surface area contributed by atoms with Crippen molar-refractivity contribution in [1.29, 1.82) is 0 Å². The van der Waals surface area contributed by atoms with E-state index in [2.05, 4.69) is 11.1 Å². The Morgan fingerprint density at radius 3 is 2.48 bits per heavy atom. The van der Waals surface area contributed by atoms with Crippen LogP contribution in [0.2, 0.25) is 0 Å². The van der Waals surface area contributed by atoms with Gasteiger partial charge in [-0.25, -0.2) is 9.37 Å². The first-order valence-electron chi connectivity index (χ1n) is 9.42. The Morgan fingerprint density at radius 1 is 0.931 bits per heavy atom. The molecule has 1 N–H and O–H groups in total. The number of aromatic nitrogens is 2. The Hall–Kier alpha value is -3.44. The molecule has 2 heterocycles. The second-order valence-corrected chi connectivity index (χ2v) is 6.99. The second kappa shape index (κ2) is 7.18. The molecule has 5 heteroatoms. The normalized spacial score (nSPS) is 12.8. The third-order valence-electron chi connectivity index (χ3n) is 5.18. The van der Waals surface area contributed by atoms with Crippen molar-refractivity contribution in [2.75, 3.05) is 7.11 Å². The van der Waals surface area contributed by atoms with Crippen molar-refractivity contribution in [3.05, 3.63) is 83.7 Å². The Balaban J connectivity index is 1.68. The van der Waals surface area contributed by atoms with Crippen LogP contribution in [0.1, 0.15) is 11.1 Å². The number of ether oxygens (including phenoxy) is 2. The number of nitrogens with zero attached hydrogens (tertiary/aromatic N) is 1. The summed E-state index contributed by atoms with van der Waals surface area (Å²) in [5.41, 5.74) is 6.66. The SMILES string of the molecule is COc1cc(-c2nc(-c3ccccc3)c(-c3ccc(F)cc3)[nH]2)cc2c1COC2. The van der Waals surface area contributed by atoms with Crippen LogP contribution in [0.4, 0.5) is 4.39 Å².